The molecule has 0 bridgehead atoms. The number of benzene rings is 2. The molecule has 0 aliphatic rings. The van der Waals surface area contributed by atoms with Crippen molar-refractivity contribution >= 4 is 23.2 Å². The number of nitrogens with one attached hydrogen (secondary N) is 1. The Labute approximate surface area is 126 Å². The summed E-state index contributed by atoms with van der Waals surface area (Å²) in [4.78, 5) is 12.0. The molecule has 3 nitrogen and oxygen atoms in total. The smallest absolute Gasteiger partial charge is 0.257 e. The summed E-state index contributed by atoms with van der Waals surface area (Å²) in [6.45, 7) is 0.157. The summed E-state index contributed by atoms with van der Waals surface area (Å²) in [5, 5.41) is 2.92. The molecule has 0 radical (unpaired) electrons. The molecule has 0 atom stereocenters. The highest BCUT2D eigenvalue weighted by molar-refractivity contribution is 6.34. The zero-order chi connectivity index (χ0) is 15.2. The van der Waals surface area contributed by atoms with Crippen molar-refractivity contribution in [2.75, 3.05) is 11.9 Å². The van der Waals surface area contributed by atoms with Crippen molar-refractivity contribution in [1.82, 2.24) is 0 Å². The van der Waals surface area contributed by atoms with Crippen molar-refractivity contribution in [2.24, 2.45) is 5.73 Å². The van der Waals surface area contributed by atoms with Gasteiger partial charge < -0.3 is 11.1 Å². The Morgan fingerprint density at radius 1 is 1.29 bits per heavy atom. The molecule has 0 saturated carbocycles. The van der Waals surface area contributed by atoms with Crippen molar-refractivity contribution in [3.05, 3.63) is 64.4 Å². The van der Waals surface area contributed by atoms with E-state index in [1.807, 2.05) is 0 Å². The molecule has 0 spiro atoms. The average molecular weight is 303 g/mol. The molecular weight excluding hydrogens is 291 g/mol. The summed E-state index contributed by atoms with van der Waals surface area (Å²) in [5.41, 5.74) is 6.12. The lowest BCUT2D eigenvalue weighted by molar-refractivity contribution is 0.102. The van der Waals surface area contributed by atoms with Crippen LogP contribution in [0.3, 0.4) is 0 Å². The van der Waals surface area contributed by atoms with Gasteiger partial charge in [0, 0.05) is 5.69 Å². The van der Waals surface area contributed by atoms with Gasteiger partial charge in [-0.2, -0.15) is 0 Å². The van der Waals surface area contributed by atoms with Crippen LogP contribution in [-0.4, -0.2) is 12.5 Å². The van der Waals surface area contributed by atoms with E-state index in [0.29, 0.717) is 16.3 Å². The van der Waals surface area contributed by atoms with Gasteiger partial charge in [-0.1, -0.05) is 35.6 Å². The quantitative estimate of drug-likeness (QED) is 0.838. The standard InChI is InChI=1S/C16H12ClFN2O/c17-14-6-2-1-5-13(14)16(21)20-12-8-7-11(4-3-9-19)15(18)10-12/h1-2,5-8,10H,9,19H2,(H,20,21). The summed E-state index contributed by atoms with van der Waals surface area (Å²) in [7, 11) is 0. The van der Waals surface area contributed by atoms with Crippen LogP contribution in [0, 0.1) is 17.7 Å². The highest BCUT2D eigenvalue weighted by Gasteiger charge is 2.10. The second-order valence-corrected chi connectivity index (χ2v) is 4.54. The van der Waals surface area contributed by atoms with Crippen molar-refractivity contribution in [3.63, 3.8) is 0 Å². The van der Waals surface area contributed by atoms with E-state index in [0.717, 1.165) is 0 Å². The first-order valence-corrected chi connectivity index (χ1v) is 6.54. The fourth-order valence-electron chi connectivity index (χ4n) is 1.68. The van der Waals surface area contributed by atoms with Crippen LogP contribution in [0.2, 0.25) is 5.02 Å². The van der Waals surface area contributed by atoms with Gasteiger partial charge in [-0.15, -0.1) is 0 Å². The van der Waals surface area contributed by atoms with Crippen molar-refractivity contribution in [1.29, 1.82) is 0 Å². The molecule has 2 aromatic carbocycles. The van der Waals surface area contributed by atoms with Crippen LogP contribution < -0.4 is 11.1 Å². The van der Waals surface area contributed by atoms with Crippen LogP contribution in [0.25, 0.3) is 0 Å². The fourth-order valence-corrected chi connectivity index (χ4v) is 1.91. The number of amides is 1. The summed E-state index contributed by atoms with van der Waals surface area (Å²) in [6.07, 6.45) is 0. The Hall–Kier alpha value is -2.35. The number of carbonyl (C=O) groups excluding carboxylic acids is 1. The first-order valence-electron chi connectivity index (χ1n) is 6.16. The lowest BCUT2D eigenvalue weighted by Crippen LogP contribution is -2.12. The monoisotopic (exact) mass is 302 g/mol. The molecule has 0 heterocycles. The SMILES string of the molecule is NCC#Cc1ccc(NC(=O)c2ccccc2Cl)cc1F. The molecule has 0 fully saturated rings. The zero-order valence-corrected chi connectivity index (χ0v) is 11.7. The second kappa shape index (κ2) is 6.89. The Morgan fingerprint density at radius 3 is 2.71 bits per heavy atom. The van der Waals surface area contributed by atoms with E-state index in [2.05, 4.69) is 17.2 Å². The third kappa shape index (κ3) is 3.82. The van der Waals surface area contributed by atoms with Gasteiger partial charge in [0.15, 0.2) is 0 Å². The van der Waals surface area contributed by atoms with E-state index in [9.17, 15) is 9.18 Å². The van der Waals surface area contributed by atoms with Crippen molar-refractivity contribution in [2.45, 2.75) is 0 Å². The number of hydrogen-bond donors (Lipinski definition) is 2. The number of nitrogens with two attached hydrogens (primary N) is 1. The molecule has 0 saturated heterocycles. The highest BCUT2D eigenvalue weighted by Crippen LogP contribution is 2.18. The third-order valence-corrected chi connectivity index (χ3v) is 3.00. The molecule has 0 aliphatic heterocycles. The Bertz CT molecular complexity index is 735. The molecule has 0 unspecified atom stereocenters. The van der Waals surface area contributed by atoms with Crippen LogP contribution in [0.1, 0.15) is 15.9 Å². The largest absolute Gasteiger partial charge is 0.322 e. The summed E-state index contributed by atoms with van der Waals surface area (Å²) >= 11 is 5.93. The van der Waals surface area contributed by atoms with Gasteiger partial charge in [-0.25, -0.2) is 4.39 Å². The van der Waals surface area contributed by atoms with E-state index in [4.69, 9.17) is 17.3 Å². The zero-order valence-electron chi connectivity index (χ0n) is 11.0. The maximum atomic E-state index is 13.8. The molecule has 3 N–H and O–H groups in total. The molecule has 5 heteroatoms. The molecule has 1 amide bonds. The minimum Gasteiger partial charge on any atom is -0.322 e. The topological polar surface area (TPSA) is 55.1 Å². The third-order valence-electron chi connectivity index (χ3n) is 2.67. The number of halogens is 2. The lowest BCUT2D eigenvalue weighted by Gasteiger charge is -2.07. The number of hydrogen-bond acceptors (Lipinski definition) is 2. The minimum absolute atomic E-state index is 0.157. The van der Waals surface area contributed by atoms with Crippen LogP contribution in [0.5, 0.6) is 0 Å². The predicted octanol–water partition coefficient (Wildman–Crippen LogP) is 3.04. The van der Waals surface area contributed by atoms with Crippen LogP contribution in [-0.2, 0) is 0 Å². The summed E-state index contributed by atoms with van der Waals surface area (Å²) in [5.74, 6) is 4.26. The fraction of sp³-hybridized carbons (Fsp3) is 0.0625. The molecule has 0 aromatic heterocycles. The van der Waals surface area contributed by atoms with Gasteiger partial charge in [-0.3, -0.25) is 4.79 Å². The van der Waals surface area contributed by atoms with E-state index >= 15 is 0 Å². The van der Waals surface area contributed by atoms with Gasteiger partial charge >= 0.3 is 0 Å². The Morgan fingerprint density at radius 2 is 2.05 bits per heavy atom. The van der Waals surface area contributed by atoms with E-state index in [1.54, 1.807) is 30.3 Å². The Balaban J connectivity index is 2.19. The van der Waals surface area contributed by atoms with Crippen molar-refractivity contribution < 1.29 is 9.18 Å². The van der Waals surface area contributed by atoms with Gasteiger partial charge in [0.25, 0.3) is 5.91 Å². The number of rotatable bonds is 2. The normalized spacial score (nSPS) is 9.67. The molecular formula is C16H12ClFN2O. The van der Waals surface area contributed by atoms with E-state index < -0.39 is 11.7 Å². The molecule has 0 aliphatic carbocycles. The van der Waals surface area contributed by atoms with Crippen LogP contribution in [0.15, 0.2) is 42.5 Å². The highest BCUT2D eigenvalue weighted by atomic mass is 35.5. The second-order valence-electron chi connectivity index (χ2n) is 4.13. The van der Waals surface area contributed by atoms with Gasteiger partial charge in [0.2, 0.25) is 0 Å². The first-order chi connectivity index (χ1) is 10.1. The maximum Gasteiger partial charge on any atom is 0.257 e. The number of carbonyl (C=O) groups is 1. The maximum absolute atomic E-state index is 13.8. The molecule has 2 aromatic rings. The van der Waals surface area contributed by atoms with Gasteiger partial charge in [0.1, 0.15) is 5.82 Å². The van der Waals surface area contributed by atoms with Crippen LogP contribution >= 0.6 is 11.6 Å². The average Bonchev–Trinajstić information content (AvgIpc) is 2.47. The van der Waals surface area contributed by atoms with Crippen molar-refractivity contribution in [3.8, 4) is 11.8 Å². The molecule has 2 rings (SSSR count). The van der Waals surface area contributed by atoms with Gasteiger partial charge in [-0.05, 0) is 30.3 Å². The van der Waals surface area contributed by atoms with Gasteiger partial charge in [0.05, 0.1) is 22.7 Å². The Kier molecular flexibility index (Phi) is 4.94. The predicted molar refractivity (Wildman–Crippen MR) is 81.7 cm³/mol. The molecule has 21 heavy (non-hydrogen) atoms. The molecule has 106 valence electrons. The summed E-state index contributed by atoms with van der Waals surface area (Å²) < 4.78 is 13.8. The minimum atomic E-state index is -0.520. The first kappa shape index (κ1) is 15.0. The number of anilines is 1. The summed E-state index contributed by atoms with van der Waals surface area (Å²) in [6, 6.07) is 10.9. The van der Waals surface area contributed by atoms with Crippen LogP contribution in [0.4, 0.5) is 10.1 Å². The van der Waals surface area contributed by atoms with E-state index in [-0.39, 0.29) is 12.1 Å². The van der Waals surface area contributed by atoms with E-state index in [1.165, 1.54) is 12.1 Å². The lowest BCUT2D eigenvalue weighted by atomic mass is 10.1.